The van der Waals surface area contributed by atoms with Gasteiger partial charge in [-0.3, -0.25) is 4.98 Å². The molecule has 1 heterocycles. The molecule has 0 aliphatic heterocycles. The van der Waals surface area contributed by atoms with E-state index in [9.17, 15) is 8.42 Å². The van der Waals surface area contributed by atoms with E-state index in [0.717, 1.165) is 10.9 Å². The van der Waals surface area contributed by atoms with Crippen LogP contribution in [0.5, 0.6) is 0 Å². The highest BCUT2D eigenvalue weighted by molar-refractivity contribution is 7.89. The average Bonchev–Trinajstić information content (AvgIpc) is 2.37. The van der Waals surface area contributed by atoms with Crippen LogP contribution in [-0.2, 0) is 10.0 Å². The molecule has 0 atom stereocenters. The molecule has 0 aliphatic carbocycles. The van der Waals surface area contributed by atoms with E-state index in [2.05, 4.69) is 4.98 Å². The largest absolute Gasteiger partial charge is 0.329 e. The Balaban J connectivity index is 2.63. The molecule has 0 bridgehead atoms. The fourth-order valence-corrected chi connectivity index (χ4v) is 3.27. The molecular weight excluding hydrogens is 262 g/mol. The lowest BCUT2D eigenvalue weighted by Crippen LogP contribution is -2.31. The van der Waals surface area contributed by atoms with E-state index in [-0.39, 0.29) is 18.0 Å². The Kier molecular flexibility index (Phi) is 3.84. The number of nitrogens with zero attached hydrogens (tertiary/aromatic N) is 2. The van der Waals surface area contributed by atoms with E-state index < -0.39 is 10.0 Å². The van der Waals surface area contributed by atoms with Crippen LogP contribution < -0.4 is 5.73 Å². The topological polar surface area (TPSA) is 76.3 Å². The number of sulfonamides is 1. The number of aryl methyl sites for hydroxylation is 1. The van der Waals surface area contributed by atoms with Crippen LogP contribution in [0.4, 0.5) is 0 Å². The number of hydrogen-bond donors (Lipinski definition) is 1. The molecule has 0 unspecified atom stereocenters. The predicted molar refractivity (Wildman–Crippen MR) is 75.4 cm³/mol. The van der Waals surface area contributed by atoms with Crippen LogP contribution in [0.2, 0.25) is 0 Å². The van der Waals surface area contributed by atoms with E-state index in [0.29, 0.717) is 5.52 Å². The minimum atomic E-state index is -3.55. The summed E-state index contributed by atoms with van der Waals surface area (Å²) in [6.45, 7) is 2.49. The second-order valence-corrected chi connectivity index (χ2v) is 6.47. The molecule has 6 heteroatoms. The van der Waals surface area contributed by atoms with E-state index in [1.54, 1.807) is 18.3 Å². The van der Waals surface area contributed by atoms with Crippen LogP contribution in [0.15, 0.2) is 35.4 Å². The summed E-state index contributed by atoms with van der Waals surface area (Å²) in [5, 5.41) is 0.822. The van der Waals surface area contributed by atoms with Gasteiger partial charge in [0, 0.05) is 31.7 Å². The van der Waals surface area contributed by atoms with Gasteiger partial charge in [0.25, 0.3) is 0 Å². The Labute approximate surface area is 113 Å². The first-order valence-electron chi connectivity index (χ1n) is 5.98. The Morgan fingerprint density at radius 3 is 2.79 bits per heavy atom. The molecule has 2 aromatic rings. The molecular formula is C13H17N3O2S. The molecule has 2 rings (SSSR count). The first kappa shape index (κ1) is 13.9. The number of pyridine rings is 1. The second kappa shape index (κ2) is 5.24. The van der Waals surface area contributed by atoms with E-state index in [1.807, 2.05) is 19.1 Å². The number of aromatic nitrogens is 1. The summed E-state index contributed by atoms with van der Waals surface area (Å²) in [4.78, 5) is 4.48. The van der Waals surface area contributed by atoms with Crippen molar-refractivity contribution in [3.05, 3.63) is 36.0 Å². The number of benzene rings is 1. The van der Waals surface area contributed by atoms with Crippen molar-refractivity contribution in [3.8, 4) is 0 Å². The Hall–Kier alpha value is -1.50. The maximum absolute atomic E-state index is 12.5. The average molecular weight is 279 g/mol. The standard InChI is InChI=1S/C13H17N3O2S/c1-10-8-11-4-3-5-12(13(11)15-9-10)19(17,18)16(2)7-6-14/h3-5,8-9H,6-7,14H2,1-2H3. The first-order valence-corrected chi connectivity index (χ1v) is 7.42. The van der Waals surface area contributed by atoms with Gasteiger partial charge in [-0.25, -0.2) is 8.42 Å². The lowest BCUT2D eigenvalue weighted by molar-refractivity contribution is 0.477. The number of rotatable bonds is 4. The van der Waals surface area contributed by atoms with Gasteiger partial charge < -0.3 is 5.73 Å². The number of hydrogen-bond acceptors (Lipinski definition) is 4. The van der Waals surface area contributed by atoms with Gasteiger partial charge in [0.1, 0.15) is 4.90 Å². The highest BCUT2D eigenvalue weighted by Gasteiger charge is 2.22. The van der Waals surface area contributed by atoms with Crippen molar-refractivity contribution in [2.75, 3.05) is 20.1 Å². The Morgan fingerprint density at radius 2 is 2.11 bits per heavy atom. The molecule has 0 aliphatic rings. The van der Waals surface area contributed by atoms with E-state index in [4.69, 9.17) is 5.73 Å². The summed E-state index contributed by atoms with van der Waals surface area (Å²) in [7, 11) is -2.03. The Bertz CT molecular complexity index is 698. The van der Waals surface area contributed by atoms with Gasteiger partial charge in [-0.2, -0.15) is 4.31 Å². The zero-order valence-electron chi connectivity index (χ0n) is 11.0. The van der Waals surface area contributed by atoms with Crippen molar-refractivity contribution >= 4 is 20.9 Å². The predicted octanol–water partition coefficient (Wildman–Crippen LogP) is 1.12. The van der Waals surface area contributed by atoms with Gasteiger partial charge in [0.2, 0.25) is 10.0 Å². The summed E-state index contributed by atoms with van der Waals surface area (Å²) in [5.41, 5.74) is 6.91. The zero-order valence-corrected chi connectivity index (χ0v) is 11.8. The van der Waals surface area contributed by atoms with Gasteiger partial charge in [0.15, 0.2) is 0 Å². The molecule has 0 fully saturated rings. The van der Waals surface area contributed by atoms with Gasteiger partial charge in [-0.15, -0.1) is 0 Å². The van der Waals surface area contributed by atoms with Crippen LogP contribution in [0, 0.1) is 6.92 Å². The van der Waals surface area contributed by atoms with Crippen molar-refractivity contribution in [1.29, 1.82) is 0 Å². The quantitative estimate of drug-likeness (QED) is 0.910. The fourth-order valence-electron chi connectivity index (χ4n) is 1.92. The van der Waals surface area contributed by atoms with Crippen molar-refractivity contribution in [2.45, 2.75) is 11.8 Å². The van der Waals surface area contributed by atoms with Crippen molar-refractivity contribution < 1.29 is 8.42 Å². The highest BCUT2D eigenvalue weighted by atomic mass is 32.2. The minimum Gasteiger partial charge on any atom is -0.329 e. The molecule has 5 nitrogen and oxygen atoms in total. The summed E-state index contributed by atoms with van der Waals surface area (Å²) < 4.78 is 26.2. The van der Waals surface area contributed by atoms with Gasteiger partial charge in [-0.1, -0.05) is 12.1 Å². The maximum atomic E-state index is 12.5. The Morgan fingerprint density at radius 1 is 1.37 bits per heavy atom. The highest BCUT2D eigenvalue weighted by Crippen LogP contribution is 2.23. The SMILES string of the molecule is Cc1cnc2c(S(=O)(=O)N(C)CCN)cccc2c1. The third-order valence-corrected chi connectivity index (χ3v) is 4.83. The number of likely N-dealkylation sites (N-methyl/N-ethyl adjacent to an activating group) is 1. The third kappa shape index (κ3) is 2.60. The molecule has 0 saturated carbocycles. The zero-order chi connectivity index (χ0) is 14.0. The summed E-state index contributed by atoms with van der Waals surface area (Å²) in [6, 6.07) is 7.08. The van der Waals surface area contributed by atoms with Crippen LogP contribution in [0.3, 0.4) is 0 Å². The summed E-state index contributed by atoms with van der Waals surface area (Å²) in [5.74, 6) is 0. The number of nitrogens with two attached hydrogens (primary N) is 1. The molecule has 102 valence electrons. The van der Waals surface area contributed by atoms with Crippen molar-refractivity contribution in [2.24, 2.45) is 5.73 Å². The molecule has 0 spiro atoms. The van der Waals surface area contributed by atoms with Crippen LogP contribution >= 0.6 is 0 Å². The molecule has 1 aromatic heterocycles. The molecule has 19 heavy (non-hydrogen) atoms. The van der Waals surface area contributed by atoms with Gasteiger partial charge in [0.05, 0.1) is 5.52 Å². The molecule has 2 N–H and O–H groups in total. The van der Waals surface area contributed by atoms with Crippen molar-refractivity contribution in [3.63, 3.8) is 0 Å². The van der Waals surface area contributed by atoms with Gasteiger partial charge >= 0.3 is 0 Å². The maximum Gasteiger partial charge on any atom is 0.245 e. The lowest BCUT2D eigenvalue weighted by Gasteiger charge is -2.17. The smallest absolute Gasteiger partial charge is 0.245 e. The monoisotopic (exact) mass is 279 g/mol. The molecule has 0 amide bonds. The van der Waals surface area contributed by atoms with Crippen LogP contribution in [0.1, 0.15) is 5.56 Å². The fraction of sp³-hybridized carbons (Fsp3) is 0.308. The molecule has 0 radical (unpaired) electrons. The van der Waals surface area contributed by atoms with Crippen molar-refractivity contribution in [1.82, 2.24) is 9.29 Å². The van der Waals surface area contributed by atoms with Crippen LogP contribution in [0.25, 0.3) is 10.9 Å². The van der Waals surface area contributed by atoms with E-state index in [1.165, 1.54) is 11.4 Å². The second-order valence-electron chi connectivity index (χ2n) is 4.46. The molecule has 1 aromatic carbocycles. The lowest BCUT2D eigenvalue weighted by atomic mass is 10.2. The van der Waals surface area contributed by atoms with E-state index >= 15 is 0 Å². The number of para-hydroxylation sites is 1. The number of fused-ring (bicyclic) bond motifs is 1. The minimum absolute atomic E-state index is 0.223. The first-order chi connectivity index (χ1) is 8.96. The normalized spacial score (nSPS) is 12.2. The summed E-state index contributed by atoms with van der Waals surface area (Å²) >= 11 is 0. The van der Waals surface area contributed by atoms with Gasteiger partial charge in [-0.05, 0) is 24.6 Å². The molecule has 0 saturated heterocycles. The van der Waals surface area contributed by atoms with Crippen LogP contribution in [-0.4, -0.2) is 37.8 Å². The summed E-state index contributed by atoms with van der Waals surface area (Å²) in [6.07, 6.45) is 1.67. The third-order valence-electron chi connectivity index (χ3n) is 2.94.